The van der Waals surface area contributed by atoms with Gasteiger partial charge in [0.2, 0.25) is 0 Å². The molecule has 0 unspecified atom stereocenters. The van der Waals surface area contributed by atoms with Crippen LogP contribution in [0.25, 0.3) is 0 Å². The Labute approximate surface area is 127 Å². The summed E-state index contributed by atoms with van der Waals surface area (Å²) >= 11 is 0. The van der Waals surface area contributed by atoms with E-state index in [9.17, 15) is 4.79 Å². The van der Waals surface area contributed by atoms with Gasteiger partial charge in [0.15, 0.2) is 5.78 Å². The molecule has 0 atom stereocenters. The van der Waals surface area contributed by atoms with E-state index in [4.69, 9.17) is 4.74 Å². The van der Waals surface area contributed by atoms with Gasteiger partial charge in [0.25, 0.3) is 0 Å². The molecule has 1 saturated carbocycles. The average molecular weight is 287 g/mol. The van der Waals surface area contributed by atoms with Crippen molar-refractivity contribution in [1.29, 1.82) is 0 Å². The fraction of sp³-hybridized carbons (Fsp3) is 0.611. The highest BCUT2D eigenvalue weighted by atomic mass is 16.5. The number of ether oxygens (including phenoxy) is 1. The summed E-state index contributed by atoms with van der Waals surface area (Å²) in [5, 5.41) is 0. The number of likely N-dealkylation sites (tertiary alicyclic amines) is 1. The number of benzene rings is 1. The zero-order valence-electron chi connectivity index (χ0n) is 12.9. The molecule has 1 aliphatic heterocycles. The van der Waals surface area contributed by atoms with E-state index in [0.717, 1.165) is 24.4 Å². The maximum Gasteiger partial charge on any atom is 0.176 e. The number of nitrogens with zero attached hydrogens (tertiary/aromatic N) is 1. The van der Waals surface area contributed by atoms with Crippen molar-refractivity contribution in [1.82, 2.24) is 4.90 Å². The van der Waals surface area contributed by atoms with Crippen LogP contribution in [0, 0.1) is 5.41 Å². The molecule has 3 rings (SSSR count). The normalized spacial score (nSPS) is 21.6. The van der Waals surface area contributed by atoms with Crippen molar-refractivity contribution in [2.24, 2.45) is 5.41 Å². The molecule has 1 aromatic rings. The lowest BCUT2D eigenvalue weighted by atomic mass is 9.77. The molecule has 1 aromatic carbocycles. The third kappa shape index (κ3) is 3.29. The Kier molecular flexibility index (Phi) is 4.29. The summed E-state index contributed by atoms with van der Waals surface area (Å²) in [5.74, 6) is 1.02. The van der Waals surface area contributed by atoms with E-state index < -0.39 is 0 Å². The van der Waals surface area contributed by atoms with E-state index in [1.54, 1.807) is 7.11 Å². The lowest BCUT2D eigenvalue weighted by molar-refractivity contribution is 0.0797. The molecule has 2 fully saturated rings. The van der Waals surface area contributed by atoms with E-state index in [0.29, 0.717) is 12.0 Å². The highest BCUT2D eigenvalue weighted by Crippen LogP contribution is 2.46. The number of hydrogen-bond acceptors (Lipinski definition) is 3. The van der Waals surface area contributed by atoms with Crippen molar-refractivity contribution >= 4 is 5.78 Å². The van der Waals surface area contributed by atoms with Crippen molar-refractivity contribution in [3.63, 3.8) is 0 Å². The third-order valence-electron chi connectivity index (χ3n) is 5.36. The van der Waals surface area contributed by atoms with Gasteiger partial charge < -0.3 is 4.74 Å². The van der Waals surface area contributed by atoms with Gasteiger partial charge in [-0.2, -0.15) is 0 Å². The summed E-state index contributed by atoms with van der Waals surface area (Å²) in [6.45, 7) is 2.73. The molecule has 1 aliphatic carbocycles. The molecular weight excluding hydrogens is 262 g/mol. The summed E-state index contributed by atoms with van der Waals surface area (Å²) < 4.78 is 5.13. The minimum absolute atomic E-state index is 0.222. The predicted octanol–water partition coefficient (Wildman–Crippen LogP) is 3.53. The number of ketones is 1. The monoisotopic (exact) mass is 287 g/mol. The van der Waals surface area contributed by atoms with Gasteiger partial charge in [-0.1, -0.05) is 12.8 Å². The molecule has 114 valence electrons. The molecule has 2 aliphatic rings. The van der Waals surface area contributed by atoms with Crippen LogP contribution in [0.1, 0.15) is 48.9 Å². The number of methoxy groups -OCH3 is 1. The lowest BCUT2D eigenvalue weighted by Crippen LogP contribution is -2.41. The van der Waals surface area contributed by atoms with Crippen LogP contribution in [0.3, 0.4) is 0 Å². The Morgan fingerprint density at radius 3 is 2.29 bits per heavy atom. The van der Waals surface area contributed by atoms with Gasteiger partial charge in [-0.05, 0) is 68.5 Å². The topological polar surface area (TPSA) is 29.5 Å². The first-order valence-corrected chi connectivity index (χ1v) is 8.10. The zero-order chi connectivity index (χ0) is 14.7. The predicted molar refractivity (Wildman–Crippen MR) is 83.9 cm³/mol. The maximum absolute atomic E-state index is 12.3. The quantitative estimate of drug-likeness (QED) is 0.793. The first-order valence-electron chi connectivity index (χ1n) is 8.10. The Morgan fingerprint density at radius 1 is 1.10 bits per heavy atom. The van der Waals surface area contributed by atoms with Gasteiger partial charge in [-0.25, -0.2) is 0 Å². The molecule has 3 nitrogen and oxygen atoms in total. The van der Waals surface area contributed by atoms with Gasteiger partial charge in [0.1, 0.15) is 5.75 Å². The van der Waals surface area contributed by atoms with E-state index in [-0.39, 0.29) is 5.78 Å². The molecule has 0 radical (unpaired) electrons. The fourth-order valence-corrected chi connectivity index (χ4v) is 3.88. The summed E-state index contributed by atoms with van der Waals surface area (Å²) in [6.07, 6.45) is 8.20. The van der Waals surface area contributed by atoms with Crippen molar-refractivity contribution in [2.75, 3.05) is 26.7 Å². The summed E-state index contributed by atoms with van der Waals surface area (Å²) in [4.78, 5) is 14.7. The summed E-state index contributed by atoms with van der Waals surface area (Å²) in [6, 6.07) is 7.45. The maximum atomic E-state index is 12.3. The van der Waals surface area contributed by atoms with Crippen LogP contribution in [0.4, 0.5) is 0 Å². The fourth-order valence-electron chi connectivity index (χ4n) is 3.88. The second kappa shape index (κ2) is 6.18. The van der Waals surface area contributed by atoms with Crippen LogP contribution >= 0.6 is 0 Å². The summed E-state index contributed by atoms with van der Waals surface area (Å²) in [7, 11) is 1.64. The van der Waals surface area contributed by atoms with Crippen molar-refractivity contribution in [2.45, 2.75) is 38.5 Å². The Hall–Kier alpha value is -1.35. The average Bonchev–Trinajstić information content (AvgIpc) is 2.98. The number of carbonyl (C=O) groups excluding carboxylic acids is 1. The zero-order valence-corrected chi connectivity index (χ0v) is 12.9. The molecule has 21 heavy (non-hydrogen) atoms. The highest BCUT2D eigenvalue weighted by Gasteiger charge is 2.37. The molecular formula is C18H25NO2. The van der Waals surface area contributed by atoms with E-state index in [2.05, 4.69) is 4.90 Å². The van der Waals surface area contributed by atoms with Crippen LogP contribution in [0.2, 0.25) is 0 Å². The van der Waals surface area contributed by atoms with Gasteiger partial charge in [-0.3, -0.25) is 9.69 Å². The molecule has 0 aromatic heterocycles. The standard InChI is InChI=1S/C18H25NO2/c1-21-16-6-4-15(5-7-16)17(20)14-19-12-10-18(11-13-19)8-2-3-9-18/h4-7H,2-3,8-14H2,1H3. The summed E-state index contributed by atoms with van der Waals surface area (Å²) in [5.41, 5.74) is 1.41. The number of piperidine rings is 1. The van der Waals surface area contributed by atoms with E-state index in [1.807, 2.05) is 24.3 Å². The number of rotatable bonds is 4. The van der Waals surface area contributed by atoms with Crippen molar-refractivity contribution < 1.29 is 9.53 Å². The lowest BCUT2D eigenvalue weighted by Gasteiger charge is -2.39. The molecule has 0 N–H and O–H groups in total. The van der Waals surface area contributed by atoms with Crippen LogP contribution in [-0.4, -0.2) is 37.4 Å². The second-order valence-electron chi connectivity index (χ2n) is 6.63. The first kappa shape index (κ1) is 14.6. The SMILES string of the molecule is COc1ccc(C(=O)CN2CCC3(CCCC3)CC2)cc1. The van der Waals surface area contributed by atoms with E-state index in [1.165, 1.54) is 38.5 Å². The smallest absolute Gasteiger partial charge is 0.176 e. The second-order valence-corrected chi connectivity index (χ2v) is 6.63. The number of hydrogen-bond donors (Lipinski definition) is 0. The Balaban J connectivity index is 1.53. The molecule has 0 amide bonds. The van der Waals surface area contributed by atoms with E-state index >= 15 is 0 Å². The van der Waals surface area contributed by atoms with Gasteiger partial charge in [0, 0.05) is 5.56 Å². The minimum atomic E-state index is 0.222. The van der Waals surface area contributed by atoms with Crippen molar-refractivity contribution in [3.05, 3.63) is 29.8 Å². The third-order valence-corrected chi connectivity index (χ3v) is 5.36. The first-order chi connectivity index (χ1) is 10.2. The minimum Gasteiger partial charge on any atom is -0.497 e. The van der Waals surface area contributed by atoms with Gasteiger partial charge >= 0.3 is 0 Å². The molecule has 3 heteroatoms. The van der Waals surface area contributed by atoms with Crippen LogP contribution in [0.5, 0.6) is 5.75 Å². The molecule has 1 heterocycles. The number of Topliss-reactive ketones (excluding diaryl/α,β-unsaturated/α-hetero) is 1. The van der Waals surface area contributed by atoms with Crippen LogP contribution in [0.15, 0.2) is 24.3 Å². The van der Waals surface area contributed by atoms with Crippen LogP contribution < -0.4 is 4.74 Å². The Morgan fingerprint density at radius 2 is 1.71 bits per heavy atom. The van der Waals surface area contributed by atoms with Crippen molar-refractivity contribution in [3.8, 4) is 5.75 Å². The number of carbonyl (C=O) groups is 1. The molecule has 1 saturated heterocycles. The van der Waals surface area contributed by atoms with Gasteiger partial charge in [0.05, 0.1) is 13.7 Å². The largest absolute Gasteiger partial charge is 0.497 e. The van der Waals surface area contributed by atoms with Gasteiger partial charge in [-0.15, -0.1) is 0 Å². The Bertz CT molecular complexity index is 478. The molecule has 1 spiro atoms. The molecule has 0 bridgehead atoms. The van der Waals surface area contributed by atoms with Crippen LogP contribution in [-0.2, 0) is 0 Å². The highest BCUT2D eigenvalue weighted by molar-refractivity contribution is 5.97.